The van der Waals surface area contributed by atoms with Gasteiger partial charge >= 0.3 is 0 Å². The highest BCUT2D eigenvalue weighted by atomic mass is 32.1. The quantitative estimate of drug-likeness (QED) is 0.366. The third-order valence-electron chi connectivity index (χ3n) is 5.86. The van der Waals surface area contributed by atoms with Crippen molar-refractivity contribution >= 4 is 34.3 Å². The van der Waals surface area contributed by atoms with Crippen molar-refractivity contribution in [1.82, 2.24) is 25.1 Å². The molecule has 0 aliphatic carbocycles. The third-order valence-corrected chi connectivity index (χ3v) is 6.50. The van der Waals surface area contributed by atoms with Crippen LogP contribution in [0.5, 0.6) is 0 Å². The van der Waals surface area contributed by atoms with Crippen LogP contribution in [0.1, 0.15) is 38.8 Å². The van der Waals surface area contributed by atoms with Crippen molar-refractivity contribution in [3.8, 4) is 11.3 Å². The largest absolute Gasteiger partial charge is 0.339 e. The van der Waals surface area contributed by atoms with Gasteiger partial charge in [-0.05, 0) is 32.9 Å². The first-order valence-electron chi connectivity index (χ1n) is 11.9. The molecule has 9 nitrogen and oxygen atoms in total. The number of hydrogen-bond donors (Lipinski definition) is 3. The van der Waals surface area contributed by atoms with Crippen LogP contribution in [0.4, 0.5) is 5.00 Å². The molecule has 3 atom stereocenters. The van der Waals surface area contributed by atoms with Crippen molar-refractivity contribution in [2.75, 3.05) is 18.9 Å². The lowest BCUT2D eigenvalue weighted by molar-refractivity contribution is -0.141. The van der Waals surface area contributed by atoms with E-state index >= 15 is 0 Å². The fourth-order valence-electron chi connectivity index (χ4n) is 3.65. The first kappa shape index (κ1) is 27.0. The molecule has 1 heterocycles. The second-order valence-corrected chi connectivity index (χ2v) is 9.13. The number of amides is 3. The smallest absolute Gasteiger partial charge is 0.250 e. The fourth-order valence-corrected chi connectivity index (χ4v) is 4.24. The highest BCUT2D eigenvalue weighted by Crippen LogP contribution is 2.29. The number of aromatic nitrogens is 2. The molecule has 0 fully saturated rings. The maximum Gasteiger partial charge on any atom is 0.250 e. The predicted octanol–water partition coefficient (Wildman–Crippen LogP) is 3.24. The summed E-state index contributed by atoms with van der Waals surface area (Å²) in [4.78, 5) is 41.3. The van der Waals surface area contributed by atoms with Crippen LogP contribution in [-0.2, 0) is 14.4 Å². The summed E-state index contributed by atoms with van der Waals surface area (Å²) in [6.45, 7) is 5.68. The summed E-state index contributed by atoms with van der Waals surface area (Å²) >= 11 is 1.08. The molecule has 0 aliphatic heterocycles. The number of rotatable bonds is 11. The van der Waals surface area contributed by atoms with Crippen LogP contribution in [0.3, 0.4) is 0 Å². The van der Waals surface area contributed by atoms with E-state index in [2.05, 4.69) is 25.5 Å². The number of hydrogen-bond acceptors (Lipinski definition) is 7. The molecule has 3 amide bonds. The van der Waals surface area contributed by atoms with Crippen LogP contribution in [0, 0.1) is 0 Å². The summed E-state index contributed by atoms with van der Waals surface area (Å²) in [5.74, 6) is -1.02. The summed E-state index contributed by atoms with van der Waals surface area (Å²) < 4.78 is 4.00. The maximum atomic E-state index is 13.8. The summed E-state index contributed by atoms with van der Waals surface area (Å²) in [7, 11) is 1.68. The Morgan fingerprint density at radius 1 is 0.972 bits per heavy atom. The Bertz CT molecular complexity index is 1150. The minimum Gasteiger partial charge on any atom is -0.339 e. The lowest BCUT2D eigenvalue weighted by atomic mass is 10.0. The summed E-state index contributed by atoms with van der Waals surface area (Å²) in [5, 5.41) is 13.3. The van der Waals surface area contributed by atoms with Gasteiger partial charge in [-0.25, -0.2) is 0 Å². The molecule has 36 heavy (non-hydrogen) atoms. The van der Waals surface area contributed by atoms with Gasteiger partial charge in [0, 0.05) is 23.6 Å². The number of likely N-dealkylation sites (N-methyl/N-ethyl adjacent to an activating group) is 1. The minimum atomic E-state index is -0.929. The SMILES string of the molecule is CCCN(C(=O)[C@@H](NC(=O)[C@H](C)NC)c1ccccc1)[C@@H](C)C(=O)Nc1snnc1-c1ccccc1. The lowest BCUT2D eigenvalue weighted by Crippen LogP contribution is -2.52. The van der Waals surface area contributed by atoms with Gasteiger partial charge in [-0.3, -0.25) is 14.4 Å². The van der Waals surface area contributed by atoms with E-state index in [0.717, 1.165) is 17.1 Å². The maximum absolute atomic E-state index is 13.8. The Morgan fingerprint density at radius 2 is 1.61 bits per heavy atom. The fraction of sp³-hybridized carbons (Fsp3) is 0.346. The molecule has 0 radical (unpaired) electrons. The molecule has 190 valence electrons. The van der Waals surface area contributed by atoms with E-state index in [4.69, 9.17) is 0 Å². The van der Waals surface area contributed by atoms with Crippen molar-refractivity contribution in [2.24, 2.45) is 0 Å². The van der Waals surface area contributed by atoms with Crippen LogP contribution < -0.4 is 16.0 Å². The van der Waals surface area contributed by atoms with E-state index in [-0.39, 0.29) is 17.7 Å². The summed E-state index contributed by atoms with van der Waals surface area (Å²) in [5.41, 5.74) is 2.05. The van der Waals surface area contributed by atoms with Crippen LogP contribution in [0.15, 0.2) is 60.7 Å². The van der Waals surface area contributed by atoms with Gasteiger partial charge in [-0.15, -0.1) is 5.10 Å². The van der Waals surface area contributed by atoms with Gasteiger partial charge in [0.25, 0.3) is 0 Å². The van der Waals surface area contributed by atoms with E-state index < -0.39 is 18.1 Å². The monoisotopic (exact) mass is 508 g/mol. The van der Waals surface area contributed by atoms with Crippen LogP contribution in [0.25, 0.3) is 11.3 Å². The Kier molecular flexibility index (Phi) is 9.66. The topological polar surface area (TPSA) is 116 Å². The van der Waals surface area contributed by atoms with Gasteiger partial charge in [-0.2, -0.15) is 0 Å². The highest BCUT2D eigenvalue weighted by Gasteiger charge is 2.33. The van der Waals surface area contributed by atoms with E-state index in [1.54, 1.807) is 33.0 Å². The number of benzene rings is 2. The van der Waals surface area contributed by atoms with Gasteiger partial charge in [-0.1, -0.05) is 72.1 Å². The molecule has 3 rings (SSSR count). The van der Waals surface area contributed by atoms with Gasteiger partial charge in [0.1, 0.15) is 22.8 Å². The van der Waals surface area contributed by atoms with Crippen LogP contribution >= 0.6 is 11.5 Å². The molecule has 1 aromatic heterocycles. The Balaban J connectivity index is 1.84. The molecular formula is C26H32N6O3S. The standard InChI is InChI=1S/C26H32N6O3S/c1-5-16-32(26(35)22(20-14-10-7-11-15-20)28-23(33)17(2)27-4)18(3)24(34)29-25-21(30-31-36-25)19-12-8-6-9-13-19/h6-15,17-18,22,27H,5,16H2,1-4H3,(H,28,33)(H,29,34)/t17-,18-,22-/m0/s1. The molecule has 10 heteroatoms. The normalized spacial score (nSPS) is 13.3. The van der Waals surface area contributed by atoms with Crippen molar-refractivity contribution in [2.45, 2.75) is 45.3 Å². The predicted molar refractivity (Wildman–Crippen MR) is 141 cm³/mol. The van der Waals surface area contributed by atoms with Crippen molar-refractivity contribution in [3.63, 3.8) is 0 Å². The van der Waals surface area contributed by atoms with E-state index in [0.29, 0.717) is 29.2 Å². The molecule has 0 bridgehead atoms. The highest BCUT2D eigenvalue weighted by molar-refractivity contribution is 7.10. The first-order chi connectivity index (χ1) is 17.4. The van der Waals surface area contributed by atoms with Crippen LogP contribution in [0.2, 0.25) is 0 Å². The number of nitrogens with zero attached hydrogens (tertiary/aromatic N) is 3. The molecule has 0 spiro atoms. The molecule has 3 aromatic rings. The number of anilines is 1. The van der Waals surface area contributed by atoms with Gasteiger partial charge in [0.2, 0.25) is 17.7 Å². The van der Waals surface area contributed by atoms with Crippen molar-refractivity contribution < 1.29 is 14.4 Å². The molecule has 0 aliphatic rings. The van der Waals surface area contributed by atoms with E-state index in [1.165, 1.54) is 4.90 Å². The Morgan fingerprint density at radius 3 is 2.22 bits per heavy atom. The third kappa shape index (κ3) is 6.52. The summed E-state index contributed by atoms with van der Waals surface area (Å²) in [6, 6.07) is 16.3. The molecule has 2 aromatic carbocycles. The molecule has 0 saturated carbocycles. The molecule has 0 saturated heterocycles. The Labute approximate surface area is 215 Å². The average molecular weight is 509 g/mol. The van der Waals surface area contributed by atoms with Gasteiger partial charge in [0.15, 0.2) is 0 Å². The summed E-state index contributed by atoms with van der Waals surface area (Å²) in [6.07, 6.45) is 0.642. The zero-order valence-electron chi connectivity index (χ0n) is 20.9. The number of carbonyl (C=O) groups excluding carboxylic acids is 3. The lowest BCUT2D eigenvalue weighted by Gasteiger charge is -2.32. The second kappa shape index (κ2) is 12.9. The minimum absolute atomic E-state index is 0.309. The Hall–Kier alpha value is -3.63. The van der Waals surface area contributed by atoms with Gasteiger partial charge in [0.05, 0.1) is 6.04 Å². The van der Waals surface area contributed by atoms with Crippen molar-refractivity contribution in [3.05, 3.63) is 66.2 Å². The zero-order chi connectivity index (χ0) is 26.1. The van der Waals surface area contributed by atoms with Crippen LogP contribution in [-0.4, -0.2) is 57.9 Å². The average Bonchev–Trinajstić information content (AvgIpc) is 3.38. The van der Waals surface area contributed by atoms with Crippen molar-refractivity contribution in [1.29, 1.82) is 0 Å². The molecular weight excluding hydrogens is 476 g/mol. The van der Waals surface area contributed by atoms with E-state index in [1.807, 2.05) is 55.5 Å². The molecule has 0 unspecified atom stereocenters. The number of carbonyl (C=O) groups is 3. The second-order valence-electron chi connectivity index (χ2n) is 8.38. The molecule has 3 N–H and O–H groups in total. The first-order valence-corrected chi connectivity index (χ1v) is 12.7. The van der Waals surface area contributed by atoms with Gasteiger partial charge < -0.3 is 20.9 Å². The van der Waals surface area contributed by atoms with E-state index in [9.17, 15) is 14.4 Å². The number of nitrogens with one attached hydrogen (secondary N) is 3. The zero-order valence-corrected chi connectivity index (χ0v) is 21.7.